The van der Waals surface area contributed by atoms with E-state index < -0.39 is 11.9 Å². The molecule has 2 atom stereocenters. The van der Waals surface area contributed by atoms with Gasteiger partial charge in [0.05, 0.1) is 10.7 Å². The van der Waals surface area contributed by atoms with Crippen molar-refractivity contribution in [1.82, 2.24) is 14.5 Å². The Morgan fingerprint density at radius 1 is 1.43 bits per heavy atom. The molecule has 30 heavy (non-hydrogen) atoms. The minimum absolute atomic E-state index is 0.0961. The largest absolute Gasteiger partial charge is 0.482 e. The number of aryl methyl sites for hydroxylation is 1. The Morgan fingerprint density at radius 3 is 2.93 bits per heavy atom. The molecule has 4 rings (SSSR count). The fourth-order valence-electron chi connectivity index (χ4n) is 3.93. The van der Waals surface area contributed by atoms with Crippen LogP contribution in [0.1, 0.15) is 36.9 Å². The molecule has 2 unspecified atom stereocenters. The van der Waals surface area contributed by atoms with E-state index in [-0.39, 0.29) is 11.1 Å². The second kappa shape index (κ2) is 8.24. The molecule has 2 aromatic heterocycles. The minimum atomic E-state index is -0.461. The number of benzene rings is 1. The first-order valence-electron chi connectivity index (χ1n) is 10.0. The Bertz CT molecular complexity index is 1060. The number of ether oxygens (including phenoxy) is 1. The third-order valence-corrected chi connectivity index (χ3v) is 5.82. The van der Waals surface area contributed by atoms with Crippen LogP contribution >= 0.6 is 11.6 Å². The first kappa shape index (κ1) is 20.6. The second-order valence-electron chi connectivity index (χ2n) is 7.53. The molecule has 1 aliphatic rings. The van der Waals surface area contributed by atoms with E-state index in [2.05, 4.69) is 14.9 Å². The maximum Gasteiger partial charge on any atom is 0.168 e. The van der Waals surface area contributed by atoms with Crippen LogP contribution in [0.25, 0.3) is 11.3 Å². The van der Waals surface area contributed by atoms with Crippen LogP contribution in [0, 0.1) is 5.82 Å². The minimum Gasteiger partial charge on any atom is -0.482 e. The van der Waals surface area contributed by atoms with Crippen LogP contribution in [0.3, 0.4) is 0 Å². The third-order valence-electron chi connectivity index (χ3n) is 5.43. The van der Waals surface area contributed by atoms with Gasteiger partial charge in [0, 0.05) is 49.6 Å². The molecule has 6 nitrogen and oxygen atoms in total. The Hall–Kier alpha value is -2.64. The molecule has 3 N–H and O–H groups in total. The predicted molar refractivity (Wildman–Crippen MR) is 117 cm³/mol. The highest BCUT2D eigenvalue weighted by Gasteiger charge is 2.23. The normalized spacial score (nSPS) is 16.4. The van der Waals surface area contributed by atoms with E-state index in [0.717, 1.165) is 42.0 Å². The number of nitrogens with two attached hydrogens (primary N) is 1. The molecule has 0 bridgehead atoms. The van der Waals surface area contributed by atoms with Crippen LogP contribution in [0.5, 0.6) is 5.75 Å². The van der Waals surface area contributed by atoms with Gasteiger partial charge >= 0.3 is 0 Å². The van der Waals surface area contributed by atoms with Gasteiger partial charge in [0.1, 0.15) is 17.7 Å². The zero-order valence-corrected chi connectivity index (χ0v) is 18.0. The van der Waals surface area contributed by atoms with Crippen molar-refractivity contribution in [3.8, 4) is 17.0 Å². The lowest BCUT2D eigenvalue weighted by Crippen LogP contribution is -2.20. The fraction of sp³-hybridized carbons (Fsp3) is 0.364. The number of rotatable bonds is 6. The van der Waals surface area contributed by atoms with Crippen LogP contribution in [0.15, 0.2) is 30.6 Å². The number of imidazole rings is 1. The zero-order chi connectivity index (χ0) is 21.4. The van der Waals surface area contributed by atoms with E-state index in [1.807, 2.05) is 26.1 Å². The fourth-order valence-corrected chi connectivity index (χ4v) is 4.27. The number of hydrogen-bond donors (Lipinski definition) is 2. The molecular weight excluding hydrogens is 405 g/mol. The average Bonchev–Trinajstić information content (AvgIpc) is 3.27. The van der Waals surface area contributed by atoms with Crippen molar-refractivity contribution >= 4 is 17.4 Å². The van der Waals surface area contributed by atoms with E-state index in [9.17, 15) is 4.39 Å². The van der Waals surface area contributed by atoms with E-state index in [4.69, 9.17) is 27.1 Å². The van der Waals surface area contributed by atoms with Gasteiger partial charge in [-0.2, -0.15) is 0 Å². The van der Waals surface area contributed by atoms with Gasteiger partial charge in [0.15, 0.2) is 11.6 Å². The van der Waals surface area contributed by atoms with Gasteiger partial charge in [-0.1, -0.05) is 24.6 Å². The van der Waals surface area contributed by atoms with Crippen molar-refractivity contribution in [3.05, 3.63) is 58.4 Å². The lowest BCUT2D eigenvalue weighted by Gasteiger charge is -2.21. The monoisotopic (exact) mass is 429 g/mol. The summed E-state index contributed by atoms with van der Waals surface area (Å²) in [5, 5.41) is 3.14. The number of aromatic nitrogens is 3. The summed E-state index contributed by atoms with van der Waals surface area (Å²) in [6.07, 6.45) is 4.78. The highest BCUT2D eigenvalue weighted by molar-refractivity contribution is 6.31. The van der Waals surface area contributed by atoms with Gasteiger partial charge in [0.2, 0.25) is 0 Å². The SMILES string of the molecule is CCc1ccc(F)c(Cl)c1C(C)Oc1cc(-c2cn3c(n2)CC(N)C3)cnc1NC. The molecule has 0 radical (unpaired) electrons. The van der Waals surface area contributed by atoms with Gasteiger partial charge in [-0.3, -0.25) is 0 Å². The van der Waals surface area contributed by atoms with Crippen LogP contribution in [0.2, 0.25) is 5.02 Å². The molecule has 158 valence electrons. The van der Waals surface area contributed by atoms with Crippen molar-refractivity contribution in [1.29, 1.82) is 0 Å². The van der Waals surface area contributed by atoms with E-state index in [0.29, 0.717) is 17.1 Å². The van der Waals surface area contributed by atoms with E-state index in [1.54, 1.807) is 19.3 Å². The first-order valence-corrected chi connectivity index (χ1v) is 10.4. The molecule has 8 heteroatoms. The molecular formula is C22H25ClFN5O. The number of nitrogens with one attached hydrogen (secondary N) is 1. The Kier molecular flexibility index (Phi) is 5.66. The highest BCUT2D eigenvalue weighted by Crippen LogP contribution is 2.36. The van der Waals surface area contributed by atoms with Crippen LogP contribution in [-0.2, 0) is 19.4 Å². The van der Waals surface area contributed by atoms with Crippen LogP contribution in [0.4, 0.5) is 10.2 Å². The summed E-state index contributed by atoms with van der Waals surface area (Å²) in [6.45, 7) is 4.63. The Balaban J connectivity index is 1.67. The summed E-state index contributed by atoms with van der Waals surface area (Å²) in [5.41, 5.74) is 9.26. The van der Waals surface area contributed by atoms with Crippen molar-refractivity contribution in [2.75, 3.05) is 12.4 Å². The molecule has 1 aromatic carbocycles. The van der Waals surface area contributed by atoms with E-state index >= 15 is 0 Å². The maximum atomic E-state index is 14.1. The molecule has 0 amide bonds. The summed E-state index contributed by atoms with van der Waals surface area (Å²) < 4.78 is 22.4. The van der Waals surface area contributed by atoms with Crippen molar-refractivity contribution < 1.29 is 9.13 Å². The topological polar surface area (TPSA) is 78.0 Å². The number of hydrogen-bond acceptors (Lipinski definition) is 5. The van der Waals surface area contributed by atoms with Crippen molar-refractivity contribution in [3.63, 3.8) is 0 Å². The molecule has 0 saturated carbocycles. The van der Waals surface area contributed by atoms with Crippen LogP contribution < -0.4 is 15.8 Å². The number of fused-ring (bicyclic) bond motifs is 1. The van der Waals surface area contributed by atoms with Gasteiger partial charge in [-0.05, 0) is 31.0 Å². The molecule has 3 heterocycles. The quantitative estimate of drug-likeness (QED) is 0.608. The average molecular weight is 430 g/mol. The molecule has 0 aliphatic carbocycles. The van der Waals surface area contributed by atoms with Gasteiger partial charge in [-0.25, -0.2) is 14.4 Å². The number of halogens is 2. The summed E-state index contributed by atoms with van der Waals surface area (Å²) in [5.74, 6) is 1.66. The summed E-state index contributed by atoms with van der Waals surface area (Å²) >= 11 is 6.28. The van der Waals surface area contributed by atoms with Crippen LogP contribution in [-0.4, -0.2) is 27.6 Å². The Labute approximate surface area is 180 Å². The van der Waals surface area contributed by atoms with Gasteiger partial charge in [0.25, 0.3) is 0 Å². The highest BCUT2D eigenvalue weighted by atomic mass is 35.5. The predicted octanol–water partition coefficient (Wildman–Crippen LogP) is 4.37. The number of pyridine rings is 1. The standard InChI is InChI=1S/C22H25ClFN5O/c1-4-13-5-6-16(24)21(23)20(13)12(2)30-18-7-14(9-27-22(18)26-3)17-11-29-10-15(25)8-19(29)28-17/h5-7,9,11-12,15H,4,8,10,25H2,1-3H3,(H,26,27). The maximum absolute atomic E-state index is 14.1. The zero-order valence-electron chi connectivity index (χ0n) is 17.2. The summed E-state index contributed by atoms with van der Waals surface area (Å²) in [7, 11) is 1.78. The summed E-state index contributed by atoms with van der Waals surface area (Å²) in [4.78, 5) is 9.18. The van der Waals surface area contributed by atoms with Gasteiger partial charge < -0.3 is 20.4 Å². The lowest BCUT2D eigenvalue weighted by molar-refractivity contribution is 0.226. The molecule has 0 fully saturated rings. The number of nitrogens with zero attached hydrogens (tertiary/aromatic N) is 3. The lowest BCUT2D eigenvalue weighted by atomic mass is 10.0. The summed E-state index contributed by atoms with van der Waals surface area (Å²) in [6, 6.07) is 5.16. The molecule has 3 aromatic rings. The van der Waals surface area contributed by atoms with E-state index in [1.165, 1.54) is 6.07 Å². The smallest absolute Gasteiger partial charge is 0.168 e. The first-order chi connectivity index (χ1) is 14.4. The number of anilines is 1. The van der Waals surface area contributed by atoms with Crippen molar-refractivity contribution in [2.24, 2.45) is 5.73 Å². The molecule has 0 saturated heterocycles. The van der Waals surface area contributed by atoms with Crippen molar-refractivity contribution in [2.45, 2.75) is 45.4 Å². The Morgan fingerprint density at radius 2 is 2.23 bits per heavy atom. The third kappa shape index (κ3) is 3.75. The van der Waals surface area contributed by atoms with Gasteiger partial charge in [-0.15, -0.1) is 0 Å². The molecule has 0 spiro atoms. The molecule has 1 aliphatic heterocycles. The second-order valence-corrected chi connectivity index (χ2v) is 7.91.